The summed E-state index contributed by atoms with van der Waals surface area (Å²) in [6.45, 7) is 1.96. The maximum Gasteiger partial charge on any atom is 0.120 e. The summed E-state index contributed by atoms with van der Waals surface area (Å²) >= 11 is 0. The van der Waals surface area contributed by atoms with Gasteiger partial charge in [0.1, 0.15) is 11.5 Å². The number of aromatic hydroxyl groups is 2. The van der Waals surface area contributed by atoms with Gasteiger partial charge in [-0.05, 0) is 38.0 Å². The van der Waals surface area contributed by atoms with E-state index >= 15 is 0 Å². The first kappa shape index (κ1) is 13.4. The van der Waals surface area contributed by atoms with Gasteiger partial charge in [-0.2, -0.15) is 0 Å². The summed E-state index contributed by atoms with van der Waals surface area (Å²) in [5.41, 5.74) is 0.696. The molecule has 0 aliphatic carbocycles. The van der Waals surface area contributed by atoms with E-state index in [2.05, 4.69) is 5.32 Å². The molecule has 1 saturated heterocycles. The third-order valence-corrected chi connectivity index (χ3v) is 4.73. The quantitative estimate of drug-likeness (QED) is 0.730. The van der Waals surface area contributed by atoms with Crippen molar-refractivity contribution in [1.29, 1.82) is 0 Å². The van der Waals surface area contributed by atoms with E-state index in [4.69, 9.17) is 0 Å². The topological polar surface area (TPSA) is 69.6 Å². The molecule has 1 aromatic carbocycles. The van der Waals surface area contributed by atoms with Crippen molar-refractivity contribution in [2.75, 3.05) is 11.5 Å². The zero-order valence-electron chi connectivity index (χ0n) is 10.4. The van der Waals surface area contributed by atoms with Crippen LogP contribution in [0.4, 0.5) is 0 Å². The van der Waals surface area contributed by atoms with Gasteiger partial charge < -0.3 is 15.5 Å². The van der Waals surface area contributed by atoms with Crippen LogP contribution in [0.5, 0.6) is 11.5 Å². The average molecular weight is 269 g/mol. The van der Waals surface area contributed by atoms with Crippen LogP contribution in [0.3, 0.4) is 0 Å². The number of rotatable bonds is 3. The van der Waals surface area contributed by atoms with Crippen molar-refractivity contribution < 1.29 is 14.4 Å². The molecule has 0 saturated carbocycles. The summed E-state index contributed by atoms with van der Waals surface area (Å²) in [7, 11) is -0.658. The molecule has 1 aliphatic rings. The fraction of sp³-hybridized carbons (Fsp3) is 0.538. The Bertz CT molecular complexity index is 440. The van der Waals surface area contributed by atoms with Gasteiger partial charge in [-0.15, -0.1) is 0 Å². The van der Waals surface area contributed by atoms with Crippen molar-refractivity contribution in [3.63, 3.8) is 0 Å². The van der Waals surface area contributed by atoms with E-state index in [0.717, 1.165) is 24.3 Å². The predicted molar refractivity (Wildman–Crippen MR) is 72.2 cm³/mol. The van der Waals surface area contributed by atoms with Gasteiger partial charge in [-0.25, -0.2) is 0 Å². The Kier molecular flexibility index (Phi) is 4.24. The zero-order chi connectivity index (χ0) is 13.1. The fourth-order valence-corrected chi connectivity index (χ4v) is 3.59. The number of hydrogen-bond donors (Lipinski definition) is 3. The van der Waals surface area contributed by atoms with Crippen LogP contribution < -0.4 is 5.32 Å². The largest absolute Gasteiger partial charge is 0.508 e. The molecule has 1 heterocycles. The number of hydrogen-bond acceptors (Lipinski definition) is 4. The highest BCUT2D eigenvalue weighted by Gasteiger charge is 2.21. The van der Waals surface area contributed by atoms with Crippen molar-refractivity contribution in [1.82, 2.24) is 5.32 Å². The lowest BCUT2D eigenvalue weighted by molar-refractivity contribution is 0.403. The van der Waals surface area contributed by atoms with E-state index in [-0.39, 0.29) is 17.5 Å². The molecule has 1 aromatic rings. The highest BCUT2D eigenvalue weighted by atomic mass is 32.2. The Labute approximate surface area is 109 Å². The first-order chi connectivity index (χ1) is 8.56. The molecule has 0 aromatic heterocycles. The van der Waals surface area contributed by atoms with Gasteiger partial charge in [0, 0.05) is 40.0 Å². The molecule has 2 rings (SSSR count). The van der Waals surface area contributed by atoms with Crippen LogP contribution in [0, 0.1) is 0 Å². The Morgan fingerprint density at radius 1 is 1.33 bits per heavy atom. The van der Waals surface area contributed by atoms with E-state index < -0.39 is 10.8 Å². The lowest BCUT2D eigenvalue weighted by Gasteiger charge is -2.27. The molecule has 1 atom stereocenters. The monoisotopic (exact) mass is 269 g/mol. The van der Waals surface area contributed by atoms with Crippen molar-refractivity contribution in [2.24, 2.45) is 0 Å². The van der Waals surface area contributed by atoms with Gasteiger partial charge in [0.15, 0.2) is 0 Å². The second-order valence-electron chi connectivity index (χ2n) is 4.75. The SMILES string of the molecule is CC(NC1CCS(=O)CC1)c1cc(O)ccc1O. The molecule has 5 heteroatoms. The fourth-order valence-electron chi connectivity index (χ4n) is 2.29. The van der Waals surface area contributed by atoms with E-state index in [0.29, 0.717) is 11.6 Å². The summed E-state index contributed by atoms with van der Waals surface area (Å²) in [5, 5.41) is 22.6. The number of nitrogens with one attached hydrogen (secondary N) is 1. The van der Waals surface area contributed by atoms with Gasteiger partial charge in [0.2, 0.25) is 0 Å². The second-order valence-corrected chi connectivity index (χ2v) is 6.45. The van der Waals surface area contributed by atoms with Crippen LogP contribution in [-0.4, -0.2) is 32.0 Å². The van der Waals surface area contributed by atoms with Crippen molar-refractivity contribution in [3.8, 4) is 11.5 Å². The summed E-state index contributed by atoms with van der Waals surface area (Å²) in [4.78, 5) is 0. The van der Waals surface area contributed by atoms with E-state index in [9.17, 15) is 14.4 Å². The van der Waals surface area contributed by atoms with Crippen LogP contribution in [0.25, 0.3) is 0 Å². The molecule has 0 radical (unpaired) electrons. The van der Waals surface area contributed by atoms with Crippen molar-refractivity contribution >= 4 is 10.8 Å². The Hall–Kier alpha value is -1.07. The zero-order valence-corrected chi connectivity index (χ0v) is 11.2. The van der Waals surface area contributed by atoms with Crippen LogP contribution in [0.1, 0.15) is 31.4 Å². The minimum Gasteiger partial charge on any atom is -0.508 e. The first-order valence-corrected chi connectivity index (χ1v) is 7.68. The standard InChI is InChI=1S/C13H19NO3S/c1-9(12-8-11(15)2-3-13(12)16)14-10-4-6-18(17)7-5-10/h2-3,8-10,14-16H,4-7H2,1H3. The van der Waals surface area contributed by atoms with E-state index in [1.165, 1.54) is 12.1 Å². The van der Waals surface area contributed by atoms with Crippen LogP contribution >= 0.6 is 0 Å². The summed E-state index contributed by atoms with van der Waals surface area (Å²) in [6, 6.07) is 4.84. The normalized spacial score (nSPS) is 25.8. The number of phenolic OH excluding ortho intramolecular Hbond substituents is 2. The van der Waals surface area contributed by atoms with Gasteiger partial charge in [0.25, 0.3) is 0 Å². The molecule has 4 nitrogen and oxygen atoms in total. The lowest BCUT2D eigenvalue weighted by Crippen LogP contribution is -2.37. The minimum absolute atomic E-state index is 0.0337. The van der Waals surface area contributed by atoms with Gasteiger partial charge in [0.05, 0.1) is 0 Å². The van der Waals surface area contributed by atoms with E-state index in [1.807, 2.05) is 6.92 Å². The third-order valence-electron chi connectivity index (χ3n) is 3.35. The molecule has 0 amide bonds. The third kappa shape index (κ3) is 3.23. The molecule has 1 unspecified atom stereocenters. The van der Waals surface area contributed by atoms with Crippen molar-refractivity contribution in [3.05, 3.63) is 23.8 Å². The van der Waals surface area contributed by atoms with Crippen molar-refractivity contribution in [2.45, 2.75) is 31.8 Å². The maximum atomic E-state index is 11.3. The highest BCUT2D eigenvalue weighted by Crippen LogP contribution is 2.28. The summed E-state index contributed by atoms with van der Waals surface area (Å²) < 4.78 is 11.3. The smallest absolute Gasteiger partial charge is 0.120 e. The van der Waals surface area contributed by atoms with Crippen LogP contribution in [0.2, 0.25) is 0 Å². The predicted octanol–water partition coefficient (Wildman–Crippen LogP) is 1.66. The molecular formula is C13H19NO3S. The summed E-state index contributed by atoms with van der Waals surface area (Å²) in [6.07, 6.45) is 1.80. The Morgan fingerprint density at radius 3 is 2.67 bits per heavy atom. The molecule has 1 fully saturated rings. The molecule has 0 bridgehead atoms. The Morgan fingerprint density at radius 2 is 2.00 bits per heavy atom. The van der Waals surface area contributed by atoms with Crippen LogP contribution in [0.15, 0.2) is 18.2 Å². The van der Waals surface area contributed by atoms with E-state index in [1.54, 1.807) is 6.07 Å². The minimum atomic E-state index is -0.658. The molecule has 3 N–H and O–H groups in total. The molecule has 100 valence electrons. The Balaban J connectivity index is 2.00. The molecule has 0 spiro atoms. The number of phenols is 2. The summed E-state index contributed by atoms with van der Waals surface area (Å²) in [5.74, 6) is 1.83. The maximum absolute atomic E-state index is 11.3. The van der Waals surface area contributed by atoms with Gasteiger partial charge in [-0.3, -0.25) is 4.21 Å². The molecular weight excluding hydrogens is 250 g/mol. The van der Waals surface area contributed by atoms with Crippen LogP contribution in [-0.2, 0) is 10.8 Å². The molecule has 1 aliphatic heterocycles. The first-order valence-electron chi connectivity index (χ1n) is 6.19. The highest BCUT2D eigenvalue weighted by molar-refractivity contribution is 7.85. The molecule has 18 heavy (non-hydrogen) atoms. The second kappa shape index (κ2) is 5.71. The number of benzene rings is 1. The lowest BCUT2D eigenvalue weighted by atomic mass is 10.0. The van der Waals surface area contributed by atoms with Gasteiger partial charge >= 0.3 is 0 Å². The van der Waals surface area contributed by atoms with Gasteiger partial charge in [-0.1, -0.05) is 0 Å². The average Bonchev–Trinajstić information content (AvgIpc) is 2.35.